The van der Waals surface area contributed by atoms with Crippen LogP contribution in [0, 0.1) is 5.92 Å². The molecule has 1 atom stereocenters. The summed E-state index contributed by atoms with van der Waals surface area (Å²) in [7, 11) is 1.40. The summed E-state index contributed by atoms with van der Waals surface area (Å²) >= 11 is 1.61. The predicted octanol–water partition coefficient (Wildman–Crippen LogP) is 1.32. The molecule has 0 bridgehead atoms. The molecular formula is C13H19NO3S. The van der Waals surface area contributed by atoms with Gasteiger partial charge in [-0.2, -0.15) is 0 Å². The third kappa shape index (κ3) is 4.08. The first kappa shape index (κ1) is 13.5. The topological polar surface area (TPSA) is 58.6 Å². The first-order chi connectivity index (χ1) is 8.69. The van der Waals surface area contributed by atoms with Gasteiger partial charge in [0.25, 0.3) is 0 Å². The highest BCUT2D eigenvalue weighted by Gasteiger charge is 2.29. The fourth-order valence-corrected chi connectivity index (χ4v) is 2.79. The Hall–Kier alpha value is -0.910. The predicted molar refractivity (Wildman–Crippen MR) is 70.5 cm³/mol. The summed E-state index contributed by atoms with van der Waals surface area (Å²) in [5.74, 6) is 0.302. The Labute approximate surface area is 111 Å². The van der Waals surface area contributed by atoms with E-state index in [1.807, 2.05) is 12.1 Å². The Morgan fingerprint density at radius 1 is 1.56 bits per heavy atom. The summed E-state index contributed by atoms with van der Waals surface area (Å²) in [5, 5.41) is 13.0. The SMILES string of the molecule is COC(=O)Cc1ccc(CNCC(O)C2CC2)s1. The minimum atomic E-state index is -0.209. The van der Waals surface area contributed by atoms with Crippen LogP contribution >= 0.6 is 11.3 Å². The van der Waals surface area contributed by atoms with Crippen molar-refractivity contribution in [1.82, 2.24) is 5.32 Å². The number of nitrogens with one attached hydrogen (secondary N) is 1. The number of carbonyl (C=O) groups is 1. The molecule has 100 valence electrons. The molecule has 1 aliphatic rings. The first-order valence-electron chi connectivity index (χ1n) is 6.22. The van der Waals surface area contributed by atoms with Crippen molar-refractivity contribution in [2.75, 3.05) is 13.7 Å². The summed E-state index contributed by atoms with van der Waals surface area (Å²) in [6, 6.07) is 3.97. The van der Waals surface area contributed by atoms with E-state index in [4.69, 9.17) is 0 Å². The normalized spacial score (nSPS) is 16.6. The van der Waals surface area contributed by atoms with Crippen LogP contribution in [-0.2, 0) is 22.5 Å². The average Bonchev–Trinajstić information content (AvgIpc) is 3.12. The Balaban J connectivity index is 1.70. The van der Waals surface area contributed by atoms with Crippen molar-refractivity contribution in [1.29, 1.82) is 0 Å². The van der Waals surface area contributed by atoms with Gasteiger partial charge in [-0.05, 0) is 30.9 Å². The quantitative estimate of drug-likeness (QED) is 0.733. The molecule has 0 aromatic carbocycles. The number of esters is 1. The van der Waals surface area contributed by atoms with Crippen LogP contribution in [-0.4, -0.2) is 30.8 Å². The van der Waals surface area contributed by atoms with Gasteiger partial charge in [-0.15, -0.1) is 11.3 Å². The van der Waals surface area contributed by atoms with E-state index in [2.05, 4.69) is 10.1 Å². The highest BCUT2D eigenvalue weighted by molar-refractivity contribution is 7.12. The number of thiophene rings is 1. The molecule has 1 aliphatic carbocycles. The summed E-state index contributed by atoms with van der Waals surface area (Å²) in [4.78, 5) is 13.3. The van der Waals surface area contributed by atoms with Gasteiger partial charge in [0.05, 0.1) is 19.6 Å². The lowest BCUT2D eigenvalue weighted by Gasteiger charge is -2.09. The van der Waals surface area contributed by atoms with E-state index >= 15 is 0 Å². The molecule has 5 heteroatoms. The second-order valence-electron chi connectivity index (χ2n) is 4.66. The number of ether oxygens (including phenoxy) is 1. The number of rotatable bonds is 7. The number of hydrogen-bond acceptors (Lipinski definition) is 5. The number of methoxy groups -OCH3 is 1. The zero-order chi connectivity index (χ0) is 13.0. The van der Waals surface area contributed by atoms with Crippen LogP contribution in [0.5, 0.6) is 0 Å². The fraction of sp³-hybridized carbons (Fsp3) is 0.615. The highest BCUT2D eigenvalue weighted by Crippen LogP contribution is 2.32. The summed E-state index contributed by atoms with van der Waals surface area (Å²) in [5.41, 5.74) is 0. The van der Waals surface area contributed by atoms with Crippen molar-refractivity contribution in [2.45, 2.75) is 31.9 Å². The van der Waals surface area contributed by atoms with Crippen molar-refractivity contribution in [3.63, 3.8) is 0 Å². The van der Waals surface area contributed by atoms with Crippen molar-refractivity contribution >= 4 is 17.3 Å². The number of aliphatic hydroxyl groups is 1. The Bertz CT molecular complexity index is 401. The molecule has 1 unspecified atom stereocenters. The second-order valence-corrected chi connectivity index (χ2v) is 5.91. The summed E-state index contributed by atoms with van der Waals surface area (Å²) in [6.07, 6.45) is 2.45. The standard InChI is InChI=1S/C13H19NO3S/c1-17-13(16)6-10-4-5-11(18-10)7-14-8-12(15)9-2-3-9/h4-5,9,12,14-15H,2-3,6-8H2,1H3. The van der Waals surface area contributed by atoms with E-state index in [9.17, 15) is 9.90 Å². The van der Waals surface area contributed by atoms with Gasteiger partial charge < -0.3 is 15.2 Å². The van der Waals surface area contributed by atoms with Gasteiger partial charge in [0, 0.05) is 22.8 Å². The van der Waals surface area contributed by atoms with Crippen LogP contribution in [0.4, 0.5) is 0 Å². The highest BCUT2D eigenvalue weighted by atomic mass is 32.1. The van der Waals surface area contributed by atoms with Crippen molar-refractivity contribution in [3.8, 4) is 0 Å². The van der Waals surface area contributed by atoms with E-state index in [-0.39, 0.29) is 12.1 Å². The monoisotopic (exact) mass is 269 g/mol. The Kier molecular flexibility index (Phi) is 4.74. The maximum absolute atomic E-state index is 11.1. The minimum absolute atomic E-state index is 0.208. The lowest BCUT2D eigenvalue weighted by molar-refractivity contribution is -0.139. The lowest BCUT2D eigenvalue weighted by atomic mass is 10.2. The zero-order valence-corrected chi connectivity index (χ0v) is 11.3. The van der Waals surface area contributed by atoms with Gasteiger partial charge in [0.15, 0.2) is 0 Å². The molecule has 4 nitrogen and oxygen atoms in total. The summed E-state index contributed by atoms with van der Waals surface area (Å²) < 4.78 is 4.63. The van der Waals surface area contributed by atoms with E-state index in [0.29, 0.717) is 18.9 Å². The molecule has 1 aromatic rings. The van der Waals surface area contributed by atoms with Gasteiger partial charge >= 0.3 is 5.97 Å². The molecule has 1 heterocycles. The number of hydrogen-bond donors (Lipinski definition) is 2. The third-order valence-corrected chi connectivity index (χ3v) is 4.17. The van der Waals surface area contributed by atoms with E-state index in [1.165, 1.54) is 12.0 Å². The fourth-order valence-electron chi connectivity index (χ4n) is 1.82. The maximum Gasteiger partial charge on any atom is 0.310 e. The van der Waals surface area contributed by atoms with Crippen LogP contribution in [0.15, 0.2) is 12.1 Å². The Morgan fingerprint density at radius 3 is 2.94 bits per heavy atom. The van der Waals surface area contributed by atoms with Crippen LogP contribution in [0.25, 0.3) is 0 Å². The number of aliphatic hydroxyl groups excluding tert-OH is 1. The molecule has 1 fully saturated rings. The molecule has 0 saturated heterocycles. The second kappa shape index (κ2) is 6.31. The van der Waals surface area contributed by atoms with Gasteiger partial charge in [0.2, 0.25) is 0 Å². The Morgan fingerprint density at radius 2 is 2.28 bits per heavy atom. The molecule has 0 aliphatic heterocycles. The van der Waals surface area contributed by atoms with Gasteiger partial charge in [-0.25, -0.2) is 0 Å². The molecular weight excluding hydrogens is 250 g/mol. The van der Waals surface area contributed by atoms with Gasteiger partial charge in [-0.1, -0.05) is 0 Å². The average molecular weight is 269 g/mol. The molecule has 1 aromatic heterocycles. The molecule has 2 rings (SSSR count). The largest absolute Gasteiger partial charge is 0.469 e. The zero-order valence-electron chi connectivity index (χ0n) is 10.5. The van der Waals surface area contributed by atoms with E-state index in [0.717, 1.165) is 24.3 Å². The first-order valence-corrected chi connectivity index (χ1v) is 7.04. The molecule has 18 heavy (non-hydrogen) atoms. The van der Waals surface area contributed by atoms with Crippen LogP contribution in [0.2, 0.25) is 0 Å². The lowest BCUT2D eigenvalue weighted by Crippen LogP contribution is -2.27. The molecule has 0 radical (unpaired) electrons. The van der Waals surface area contributed by atoms with Crippen molar-refractivity contribution in [3.05, 3.63) is 21.9 Å². The molecule has 0 spiro atoms. The maximum atomic E-state index is 11.1. The van der Waals surface area contributed by atoms with Gasteiger partial charge in [0.1, 0.15) is 0 Å². The third-order valence-electron chi connectivity index (χ3n) is 3.08. The molecule has 2 N–H and O–H groups in total. The van der Waals surface area contributed by atoms with E-state index < -0.39 is 0 Å². The van der Waals surface area contributed by atoms with Crippen molar-refractivity contribution < 1.29 is 14.6 Å². The summed E-state index contributed by atoms with van der Waals surface area (Å²) in [6.45, 7) is 1.39. The van der Waals surface area contributed by atoms with Crippen molar-refractivity contribution in [2.24, 2.45) is 5.92 Å². The van der Waals surface area contributed by atoms with Gasteiger partial charge in [-0.3, -0.25) is 4.79 Å². The van der Waals surface area contributed by atoms with Crippen LogP contribution < -0.4 is 5.32 Å². The molecule has 0 amide bonds. The number of carbonyl (C=O) groups excluding carboxylic acids is 1. The molecule has 1 saturated carbocycles. The smallest absolute Gasteiger partial charge is 0.310 e. The van der Waals surface area contributed by atoms with Crippen LogP contribution in [0.1, 0.15) is 22.6 Å². The van der Waals surface area contributed by atoms with E-state index in [1.54, 1.807) is 11.3 Å². The minimum Gasteiger partial charge on any atom is -0.469 e. The van der Waals surface area contributed by atoms with Crippen LogP contribution in [0.3, 0.4) is 0 Å².